The Labute approximate surface area is 153 Å². The van der Waals surface area contributed by atoms with Crippen molar-refractivity contribution < 1.29 is 17.9 Å². The number of rotatable bonds is 7. The van der Waals surface area contributed by atoms with Gasteiger partial charge >= 0.3 is 6.18 Å². The van der Waals surface area contributed by atoms with Crippen molar-refractivity contribution in [2.75, 3.05) is 25.6 Å². The van der Waals surface area contributed by atoms with Crippen LogP contribution in [0.15, 0.2) is 37.2 Å². The highest BCUT2D eigenvalue weighted by atomic mass is 19.4. The standard InChI is InChI=1S/C18H18F3N5O/c1-3-15-24-14-6-8-26(16(14)17(25-15)22-7-9-27-2)11-13-5-4-12(10-23-13)18(19,20)21/h3-6,8,10H,1,7,9,11H2,2H3,(H,22,24,25). The van der Waals surface area contributed by atoms with Crippen LogP contribution < -0.4 is 5.32 Å². The molecule has 0 unspecified atom stereocenters. The van der Waals surface area contributed by atoms with Crippen LogP contribution in [0.2, 0.25) is 0 Å². The molecular weight excluding hydrogens is 359 g/mol. The number of anilines is 1. The van der Waals surface area contributed by atoms with E-state index >= 15 is 0 Å². The number of fused-ring (bicyclic) bond motifs is 1. The molecule has 3 aromatic heterocycles. The predicted octanol–water partition coefficient (Wildman–Crippen LogP) is 3.59. The lowest BCUT2D eigenvalue weighted by Crippen LogP contribution is -2.12. The van der Waals surface area contributed by atoms with Crippen LogP contribution in [0.1, 0.15) is 17.1 Å². The van der Waals surface area contributed by atoms with E-state index in [1.807, 2.05) is 10.6 Å². The van der Waals surface area contributed by atoms with Gasteiger partial charge in [0.2, 0.25) is 0 Å². The molecular formula is C18H18F3N5O. The number of aromatic nitrogens is 4. The molecule has 0 atom stereocenters. The van der Waals surface area contributed by atoms with Gasteiger partial charge in [0, 0.05) is 26.0 Å². The summed E-state index contributed by atoms with van der Waals surface area (Å²) in [6.45, 7) is 5.02. The van der Waals surface area contributed by atoms with E-state index in [-0.39, 0.29) is 6.54 Å². The summed E-state index contributed by atoms with van der Waals surface area (Å²) in [4.78, 5) is 12.8. The maximum atomic E-state index is 12.7. The number of ether oxygens (including phenoxy) is 1. The van der Waals surface area contributed by atoms with Gasteiger partial charge in [-0.25, -0.2) is 9.97 Å². The maximum absolute atomic E-state index is 12.7. The second-order valence-corrected chi connectivity index (χ2v) is 5.77. The van der Waals surface area contributed by atoms with Crippen molar-refractivity contribution in [2.24, 2.45) is 0 Å². The van der Waals surface area contributed by atoms with Crippen LogP contribution in [0.25, 0.3) is 17.1 Å². The van der Waals surface area contributed by atoms with Crippen LogP contribution in [0.5, 0.6) is 0 Å². The Bertz CT molecular complexity index is 935. The molecule has 142 valence electrons. The molecule has 9 heteroatoms. The Balaban J connectivity index is 1.93. The minimum atomic E-state index is -4.40. The average molecular weight is 377 g/mol. The number of hydrogen-bond donors (Lipinski definition) is 1. The summed E-state index contributed by atoms with van der Waals surface area (Å²) in [5.41, 5.74) is 1.16. The van der Waals surface area contributed by atoms with Crippen LogP contribution >= 0.6 is 0 Å². The van der Waals surface area contributed by atoms with E-state index in [1.54, 1.807) is 19.4 Å². The Kier molecular flexibility index (Phi) is 5.41. The van der Waals surface area contributed by atoms with Crippen LogP contribution in [-0.2, 0) is 17.5 Å². The highest BCUT2D eigenvalue weighted by Crippen LogP contribution is 2.29. The summed E-state index contributed by atoms with van der Waals surface area (Å²) in [5, 5.41) is 3.19. The quantitative estimate of drug-likeness (QED) is 0.638. The molecule has 0 aliphatic carbocycles. The second-order valence-electron chi connectivity index (χ2n) is 5.77. The second kappa shape index (κ2) is 7.75. The monoisotopic (exact) mass is 377 g/mol. The first-order chi connectivity index (χ1) is 12.9. The van der Waals surface area contributed by atoms with Gasteiger partial charge in [0.1, 0.15) is 5.52 Å². The van der Waals surface area contributed by atoms with E-state index < -0.39 is 11.7 Å². The van der Waals surface area contributed by atoms with E-state index in [2.05, 4.69) is 26.8 Å². The van der Waals surface area contributed by atoms with Crippen LogP contribution in [0.3, 0.4) is 0 Å². The normalized spacial score (nSPS) is 11.7. The molecule has 0 saturated carbocycles. The fourth-order valence-electron chi connectivity index (χ4n) is 2.60. The number of alkyl halides is 3. The van der Waals surface area contributed by atoms with Gasteiger partial charge in [0.05, 0.1) is 29.9 Å². The molecule has 1 N–H and O–H groups in total. The van der Waals surface area contributed by atoms with Crippen molar-refractivity contribution in [2.45, 2.75) is 12.7 Å². The summed E-state index contributed by atoms with van der Waals surface area (Å²) < 4.78 is 45.0. The molecule has 0 aromatic carbocycles. The van der Waals surface area contributed by atoms with Crippen LogP contribution in [0.4, 0.5) is 19.0 Å². The zero-order valence-corrected chi connectivity index (χ0v) is 14.6. The van der Waals surface area contributed by atoms with Gasteiger partial charge in [-0.1, -0.05) is 6.58 Å². The zero-order valence-electron chi connectivity index (χ0n) is 14.6. The SMILES string of the molecule is C=Cc1nc(NCCOC)c2c(ccn2Cc2ccc(C(F)(F)F)cn2)n1. The highest BCUT2D eigenvalue weighted by molar-refractivity contribution is 5.87. The van der Waals surface area contributed by atoms with E-state index in [1.165, 1.54) is 6.07 Å². The topological polar surface area (TPSA) is 64.9 Å². The minimum Gasteiger partial charge on any atom is -0.383 e. The first-order valence-corrected chi connectivity index (χ1v) is 8.16. The Morgan fingerprint density at radius 2 is 2.07 bits per heavy atom. The maximum Gasteiger partial charge on any atom is 0.417 e. The van der Waals surface area contributed by atoms with Gasteiger partial charge in [-0.2, -0.15) is 13.2 Å². The molecule has 0 aliphatic rings. The number of nitrogens with one attached hydrogen (secondary N) is 1. The highest BCUT2D eigenvalue weighted by Gasteiger charge is 2.30. The minimum absolute atomic E-state index is 0.289. The van der Waals surface area contributed by atoms with Crippen molar-refractivity contribution >= 4 is 22.9 Å². The molecule has 6 nitrogen and oxygen atoms in total. The van der Waals surface area contributed by atoms with E-state index in [4.69, 9.17) is 4.74 Å². The molecule has 27 heavy (non-hydrogen) atoms. The fourth-order valence-corrected chi connectivity index (χ4v) is 2.60. The van der Waals surface area contributed by atoms with Gasteiger partial charge in [-0.15, -0.1) is 0 Å². The van der Waals surface area contributed by atoms with Gasteiger partial charge in [0.15, 0.2) is 11.6 Å². The number of nitrogens with zero attached hydrogens (tertiary/aromatic N) is 4. The third-order valence-electron chi connectivity index (χ3n) is 3.89. The van der Waals surface area contributed by atoms with E-state index in [0.717, 1.165) is 17.8 Å². The summed E-state index contributed by atoms with van der Waals surface area (Å²) in [6, 6.07) is 4.21. The lowest BCUT2D eigenvalue weighted by Gasteiger charge is -2.12. The molecule has 3 aromatic rings. The molecule has 0 spiro atoms. The third kappa shape index (κ3) is 4.25. The zero-order chi connectivity index (χ0) is 19.4. The van der Waals surface area contributed by atoms with Crippen LogP contribution in [-0.4, -0.2) is 39.8 Å². The lowest BCUT2D eigenvalue weighted by molar-refractivity contribution is -0.137. The molecule has 0 amide bonds. The summed E-state index contributed by atoms with van der Waals surface area (Å²) in [6.07, 6.45) is -0.215. The van der Waals surface area contributed by atoms with Gasteiger partial charge in [-0.05, 0) is 24.3 Å². The molecule has 0 bridgehead atoms. The van der Waals surface area contributed by atoms with Crippen molar-refractivity contribution in [3.8, 4) is 0 Å². The molecule has 0 radical (unpaired) electrons. The number of halogens is 3. The van der Waals surface area contributed by atoms with E-state index in [9.17, 15) is 13.2 Å². The molecule has 3 heterocycles. The largest absolute Gasteiger partial charge is 0.417 e. The van der Waals surface area contributed by atoms with Crippen molar-refractivity contribution in [3.05, 3.63) is 54.3 Å². The molecule has 0 saturated heterocycles. The molecule has 0 fully saturated rings. The number of pyridine rings is 1. The average Bonchev–Trinajstić information content (AvgIpc) is 3.04. The summed E-state index contributed by atoms with van der Waals surface area (Å²) in [5.74, 6) is 1.08. The number of hydrogen-bond acceptors (Lipinski definition) is 5. The predicted molar refractivity (Wildman–Crippen MR) is 96.3 cm³/mol. The van der Waals surface area contributed by atoms with Gasteiger partial charge in [-0.3, -0.25) is 4.98 Å². The Morgan fingerprint density at radius 3 is 2.70 bits per heavy atom. The van der Waals surface area contributed by atoms with Crippen molar-refractivity contribution in [3.63, 3.8) is 0 Å². The number of methoxy groups -OCH3 is 1. The Hall–Kier alpha value is -2.94. The van der Waals surface area contributed by atoms with Crippen molar-refractivity contribution in [1.82, 2.24) is 19.5 Å². The molecule has 0 aliphatic heterocycles. The summed E-state index contributed by atoms with van der Waals surface area (Å²) in [7, 11) is 1.60. The lowest BCUT2D eigenvalue weighted by atomic mass is 10.2. The Morgan fingerprint density at radius 1 is 1.26 bits per heavy atom. The van der Waals surface area contributed by atoms with E-state index in [0.29, 0.717) is 36.0 Å². The van der Waals surface area contributed by atoms with Crippen LogP contribution in [0, 0.1) is 0 Å². The molecule has 3 rings (SSSR count). The smallest absolute Gasteiger partial charge is 0.383 e. The third-order valence-corrected chi connectivity index (χ3v) is 3.89. The first-order valence-electron chi connectivity index (χ1n) is 8.16. The van der Waals surface area contributed by atoms with Crippen molar-refractivity contribution in [1.29, 1.82) is 0 Å². The van der Waals surface area contributed by atoms with Gasteiger partial charge < -0.3 is 14.6 Å². The first kappa shape index (κ1) is 18.8. The summed E-state index contributed by atoms with van der Waals surface area (Å²) >= 11 is 0. The fraction of sp³-hybridized carbons (Fsp3) is 0.278. The van der Waals surface area contributed by atoms with Gasteiger partial charge in [0.25, 0.3) is 0 Å².